The van der Waals surface area contributed by atoms with Gasteiger partial charge in [-0.1, -0.05) is 13.8 Å². The van der Waals surface area contributed by atoms with Crippen molar-refractivity contribution in [3.05, 3.63) is 11.9 Å². The van der Waals surface area contributed by atoms with E-state index in [0.29, 0.717) is 11.2 Å². The molecule has 0 saturated heterocycles. The number of nitrogen functional groups attached to an aromatic ring is 1. The maximum absolute atomic E-state index is 5.41. The van der Waals surface area contributed by atoms with Crippen LogP contribution in [0, 0.1) is 0 Å². The number of aromatic amines is 1. The van der Waals surface area contributed by atoms with Gasteiger partial charge in [0.15, 0.2) is 5.95 Å². The summed E-state index contributed by atoms with van der Waals surface area (Å²) in [5.74, 6) is 1.46. The van der Waals surface area contributed by atoms with Crippen LogP contribution in [-0.4, -0.2) is 15.2 Å². The molecular weight excluding hydrogens is 158 g/mol. The van der Waals surface area contributed by atoms with Crippen molar-refractivity contribution in [2.24, 2.45) is 0 Å². The van der Waals surface area contributed by atoms with Crippen molar-refractivity contribution in [1.82, 2.24) is 9.97 Å². The largest absolute Gasteiger partial charge is 0.369 e. The first-order valence-corrected chi connectivity index (χ1v) is 4.64. The molecule has 0 saturated carbocycles. The molecule has 0 aliphatic rings. The lowest BCUT2D eigenvalue weighted by molar-refractivity contribution is 1.10. The summed E-state index contributed by atoms with van der Waals surface area (Å²) >= 11 is 1.87. The molecule has 0 spiro atoms. The van der Waals surface area contributed by atoms with E-state index in [0.717, 1.165) is 11.4 Å². The van der Waals surface area contributed by atoms with Crippen LogP contribution in [0.15, 0.2) is 6.20 Å². The zero-order chi connectivity index (χ0) is 8.27. The molecule has 0 fully saturated rings. The van der Waals surface area contributed by atoms with Gasteiger partial charge in [-0.05, 0) is 5.25 Å². The van der Waals surface area contributed by atoms with Crippen LogP contribution in [0.1, 0.15) is 19.5 Å². The summed E-state index contributed by atoms with van der Waals surface area (Å²) < 4.78 is 0. The van der Waals surface area contributed by atoms with Crippen molar-refractivity contribution >= 4 is 17.7 Å². The molecular formula is C7H13N3S. The maximum atomic E-state index is 5.41. The number of aromatic nitrogens is 2. The molecule has 62 valence electrons. The van der Waals surface area contributed by atoms with Crippen LogP contribution in [0.4, 0.5) is 5.95 Å². The van der Waals surface area contributed by atoms with Crippen LogP contribution in [0.2, 0.25) is 0 Å². The molecule has 1 aromatic rings. The molecule has 0 aliphatic heterocycles. The van der Waals surface area contributed by atoms with Gasteiger partial charge in [0, 0.05) is 11.4 Å². The van der Waals surface area contributed by atoms with Gasteiger partial charge < -0.3 is 10.7 Å². The Labute approximate surface area is 70.8 Å². The molecule has 3 nitrogen and oxygen atoms in total. The summed E-state index contributed by atoms with van der Waals surface area (Å²) in [6.45, 7) is 4.34. The Bertz CT molecular complexity index is 219. The third-order valence-electron chi connectivity index (χ3n) is 1.22. The molecule has 1 rings (SSSR count). The van der Waals surface area contributed by atoms with Gasteiger partial charge in [0.25, 0.3) is 0 Å². The number of anilines is 1. The first kappa shape index (κ1) is 8.46. The van der Waals surface area contributed by atoms with Crippen molar-refractivity contribution in [3.63, 3.8) is 0 Å². The second kappa shape index (κ2) is 3.67. The van der Waals surface area contributed by atoms with E-state index in [4.69, 9.17) is 5.73 Å². The zero-order valence-corrected chi connectivity index (χ0v) is 7.61. The Morgan fingerprint density at radius 1 is 1.73 bits per heavy atom. The highest BCUT2D eigenvalue weighted by molar-refractivity contribution is 7.99. The lowest BCUT2D eigenvalue weighted by atomic mass is 10.6. The van der Waals surface area contributed by atoms with Gasteiger partial charge in [0.1, 0.15) is 0 Å². The fourth-order valence-corrected chi connectivity index (χ4v) is 1.37. The van der Waals surface area contributed by atoms with E-state index in [-0.39, 0.29) is 0 Å². The summed E-state index contributed by atoms with van der Waals surface area (Å²) in [5.41, 5.74) is 6.51. The Morgan fingerprint density at radius 3 is 2.91 bits per heavy atom. The lowest BCUT2D eigenvalue weighted by Gasteiger charge is -2.00. The van der Waals surface area contributed by atoms with Crippen molar-refractivity contribution in [1.29, 1.82) is 0 Å². The first-order chi connectivity index (χ1) is 5.18. The average Bonchev–Trinajstić information content (AvgIpc) is 2.31. The van der Waals surface area contributed by atoms with Crippen molar-refractivity contribution in [2.75, 3.05) is 5.73 Å². The highest BCUT2D eigenvalue weighted by Gasteiger charge is 1.98. The summed E-state index contributed by atoms with van der Waals surface area (Å²) in [6, 6.07) is 0. The van der Waals surface area contributed by atoms with Gasteiger partial charge in [-0.2, -0.15) is 11.8 Å². The second-order valence-electron chi connectivity index (χ2n) is 2.65. The monoisotopic (exact) mass is 171 g/mol. The predicted octanol–water partition coefficient (Wildman–Crippen LogP) is 1.63. The van der Waals surface area contributed by atoms with Gasteiger partial charge in [-0.3, -0.25) is 0 Å². The Morgan fingerprint density at radius 2 is 2.45 bits per heavy atom. The van der Waals surface area contributed by atoms with Crippen LogP contribution in [0.3, 0.4) is 0 Å². The van der Waals surface area contributed by atoms with Gasteiger partial charge in [0.2, 0.25) is 0 Å². The number of nitrogens with zero attached hydrogens (tertiary/aromatic N) is 1. The van der Waals surface area contributed by atoms with Crippen LogP contribution in [0.25, 0.3) is 0 Å². The quantitative estimate of drug-likeness (QED) is 0.726. The van der Waals surface area contributed by atoms with Gasteiger partial charge in [-0.15, -0.1) is 0 Å². The van der Waals surface area contributed by atoms with Crippen LogP contribution in [-0.2, 0) is 5.75 Å². The number of imidazole rings is 1. The molecule has 0 amide bonds. The molecule has 0 aromatic carbocycles. The fraction of sp³-hybridized carbons (Fsp3) is 0.571. The van der Waals surface area contributed by atoms with E-state index in [1.54, 1.807) is 6.20 Å². The highest BCUT2D eigenvalue weighted by Crippen LogP contribution is 2.15. The molecule has 0 aliphatic carbocycles. The van der Waals surface area contributed by atoms with E-state index in [2.05, 4.69) is 23.8 Å². The zero-order valence-electron chi connectivity index (χ0n) is 6.79. The van der Waals surface area contributed by atoms with Crippen LogP contribution in [0.5, 0.6) is 0 Å². The van der Waals surface area contributed by atoms with E-state index >= 15 is 0 Å². The topological polar surface area (TPSA) is 54.7 Å². The standard InChI is InChI=1S/C7H13N3S/c1-5(2)11-4-6-3-9-7(8)10-6/h3,5H,4H2,1-2H3,(H3,8,9,10). The summed E-state index contributed by atoms with van der Waals surface area (Å²) in [5, 5.41) is 0.652. The predicted molar refractivity (Wildman–Crippen MR) is 49.4 cm³/mol. The number of thioether (sulfide) groups is 1. The second-order valence-corrected chi connectivity index (χ2v) is 4.22. The molecule has 1 heterocycles. The van der Waals surface area contributed by atoms with Gasteiger partial charge in [-0.25, -0.2) is 4.98 Å². The summed E-state index contributed by atoms with van der Waals surface area (Å²) in [6.07, 6.45) is 1.78. The van der Waals surface area contributed by atoms with Crippen LogP contribution < -0.4 is 5.73 Å². The third kappa shape index (κ3) is 2.84. The number of hydrogen-bond acceptors (Lipinski definition) is 3. The van der Waals surface area contributed by atoms with E-state index in [9.17, 15) is 0 Å². The summed E-state index contributed by atoms with van der Waals surface area (Å²) in [7, 11) is 0. The number of nitrogens with two attached hydrogens (primary N) is 1. The third-order valence-corrected chi connectivity index (χ3v) is 2.36. The highest BCUT2D eigenvalue weighted by atomic mass is 32.2. The number of nitrogens with one attached hydrogen (secondary N) is 1. The number of rotatable bonds is 3. The molecule has 0 atom stereocenters. The minimum Gasteiger partial charge on any atom is -0.369 e. The molecule has 0 unspecified atom stereocenters. The Balaban J connectivity index is 2.39. The Hall–Kier alpha value is -0.640. The minimum atomic E-state index is 0.504. The molecule has 4 heteroatoms. The Kier molecular flexibility index (Phi) is 2.82. The number of H-pyrrole nitrogens is 1. The molecule has 1 aromatic heterocycles. The van der Waals surface area contributed by atoms with E-state index in [1.807, 2.05) is 11.8 Å². The minimum absolute atomic E-state index is 0.504. The first-order valence-electron chi connectivity index (χ1n) is 3.59. The lowest BCUT2D eigenvalue weighted by Crippen LogP contribution is -1.90. The fourth-order valence-electron chi connectivity index (χ4n) is 0.706. The van der Waals surface area contributed by atoms with Gasteiger partial charge in [0.05, 0.1) is 6.20 Å². The molecule has 0 radical (unpaired) electrons. The number of hydrogen-bond donors (Lipinski definition) is 2. The molecule has 3 N–H and O–H groups in total. The van der Waals surface area contributed by atoms with E-state index < -0.39 is 0 Å². The van der Waals surface area contributed by atoms with Gasteiger partial charge >= 0.3 is 0 Å². The van der Waals surface area contributed by atoms with Crippen molar-refractivity contribution in [2.45, 2.75) is 24.9 Å². The van der Waals surface area contributed by atoms with Crippen LogP contribution >= 0.6 is 11.8 Å². The average molecular weight is 171 g/mol. The molecule has 0 bridgehead atoms. The maximum Gasteiger partial charge on any atom is 0.197 e. The smallest absolute Gasteiger partial charge is 0.197 e. The molecule has 11 heavy (non-hydrogen) atoms. The SMILES string of the molecule is CC(C)SCc1cnc(N)[nH]1. The summed E-state index contributed by atoms with van der Waals surface area (Å²) in [4.78, 5) is 6.88. The van der Waals surface area contributed by atoms with Crippen molar-refractivity contribution in [3.8, 4) is 0 Å². The van der Waals surface area contributed by atoms with Crippen molar-refractivity contribution < 1.29 is 0 Å². The van der Waals surface area contributed by atoms with E-state index in [1.165, 1.54) is 0 Å². The normalized spacial score (nSPS) is 10.8.